The van der Waals surface area contributed by atoms with Crippen LogP contribution in [-0.4, -0.2) is 35.4 Å². The molecule has 3 rings (SSSR count). The van der Waals surface area contributed by atoms with Crippen molar-refractivity contribution in [3.63, 3.8) is 0 Å². The number of amides is 4. The minimum Gasteiger partial charge on any atom is -0.497 e. The first kappa shape index (κ1) is 25.0. The van der Waals surface area contributed by atoms with Crippen molar-refractivity contribution in [2.45, 2.75) is 32.9 Å². The molecule has 2 aromatic carbocycles. The number of imide groups is 1. The predicted octanol–water partition coefficient (Wildman–Crippen LogP) is 4.01. The summed E-state index contributed by atoms with van der Waals surface area (Å²) < 4.78 is 5.19. The third kappa shape index (κ3) is 5.85. The van der Waals surface area contributed by atoms with E-state index in [4.69, 9.17) is 10.5 Å². The van der Waals surface area contributed by atoms with Crippen molar-refractivity contribution in [2.75, 3.05) is 12.0 Å². The van der Waals surface area contributed by atoms with Gasteiger partial charge in [-0.25, -0.2) is 9.79 Å². The summed E-state index contributed by atoms with van der Waals surface area (Å²) in [6.45, 7) is 7.61. The average molecular weight is 481 g/mol. The molecule has 0 aliphatic carbocycles. The van der Waals surface area contributed by atoms with Crippen LogP contribution in [0.1, 0.15) is 30.5 Å². The molecule has 1 heterocycles. The van der Waals surface area contributed by atoms with Crippen LogP contribution in [0.4, 0.5) is 10.5 Å². The molecule has 0 spiro atoms. The fourth-order valence-electron chi connectivity index (χ4n) is 3.54. The zero-order chi connectivity index (χ0) is 25.0. The lowest BCUT2D eigenvalue weighted by atomic mass is 10.1. The first-order valence-electron chi connectivity index (χ1n) is 10.7. The number of urea groups is 1. The van der Waals surface area contributed by atoms with Gasteiger partial charge in [0.2, 0.25) is 5.91 Å². The highest BCUT2D eigenvalue weighted by Crippen LogP contribution is 2.34. The van der Waals surface area contributed by atoms with Crippen LogP contribution in [0.2, 0.25) is 0 Å². The summed E-state index contributed by atoms with van der Waals surface area (Å²) in [6, 6.07) is 12.1. The van der Waals surface area contributed by atoms with E-state index in [0.29, 0.717) is 16.6 Å². The van der Waals surface area contributed by atoms with Gasteiger partial charge in [0.05, 0.1) is 18.0 Å². The number of nitrogens with zero attached hydrogens (tertiary/aromatic N) is 2. The predicted molar refractivity (Wildman–Crippen MR) is 136 cm³/mol. The van der Waals surface area contributed by atoms with E-state index in [1.54, 1.807) is 25.3 Å². The summed E-state index contributed by atoms with van der Waals surface area (Å²) in [5.41, 5.74) is 8.81. The fourth-order valence-corrected chi connectivity index (χ4v) is 4.65. The van der Waals surface area contributed by atoms with Crippen LogP contribution in [0.15, 0.2) is 53.2 Å². The van der Waals surface area contributed by atoms with Crippen LogP contribution in [0.25, 0.3) is 6.08 Å². The molecular weight excluding hydrogens is 452 g/mol. The number of carbonyl (C=O) groups excluding carboxylic acids is 3. The monoisotopic (exact) mass is 480 g/mol. The van der Waals surface area contributed by atoms with E-state index in [1.165, 1.54) is 4.90 Å². The minimum absolute atomic E-state index is 0.155. The number of benzene rings is 2. The number of nitrogens with one attached hydrogen (secondary N) is 1. The Bertz CT molecular complexity index is 1150. The van der Waals surface area contributed by atoms with Crippen LogP contribution in [0.5, 0.6) is 5.75 Å². The summed E-state index contributed by atoms with van der Waals surface area (Å²) in [7, 11) is 1.59. The smallest absolute Gasteiger partial charge is 0.318 e. The van der Waals surface area contributed by atoms with E-state index in [1.807, 2.05) is 58.0 Å². The number of rotatable bonds is 6. The van der Waals surface area contributed by atoms with Gasteiger partial charge < -0.3 is 10.5 Å². The summed E-state index contributed by atoms with van der Waals surface area (Å²) >= 11 is 1.12. The summed E-state index contributed by atoms with van der Waals surface area (Å²) in [5, 5.41) is 1.81. The Labute approximate surface area is 203 Å². The molecule has 1 unspecified atom stereocenters. The molecule has 9 heteroatoms. The maximum Gasteiger partial charge on any atom is 0.318 e. The molecule has 0 bridgehead atoms. The average Bonchev–Trinajstić information content (AvgIpc) is 3.05. The van der Waals surface area contributed by atoms with Crippen LogP contribution >= 0.6 is 11.8 Å². The Morgan fingerprint density at radius 1 is 1.12 bits per heavy atom. The second kappa shape index (κ2) is 10.6. The second-order valence-corrected chi connectivity index (χ2v) is 9.43. The molecule has 2 aromatic rings. The topological polar surface area (TPSA) is 114 Å². The van der Waals surface area contributed by atoms with Gasteiger partial charge in [-0.3, -0.25) is 19.8 Å². The summed E-state index contributed by atoms with van der Waals surface area (Å²) in [6.07, 6.45) is 1.69. The van der Waals surface area contributed by atoms with E-state index in [2.05, 4.69) is 10.3 Å². The van der Waals surface area contributed by atoms with Crippen molar-refractivity contribution in [2.24, 2.45) is 16.6 Å². The highest BCUT2D eigenvalue weighted by molar-refractivity contribution is 8.15. The van der Waals surface area contributed by atoms with Crippen LogP contribution in [0, 0.1) is 19.8 Å². The van der Waals surface area contributed by atoms with E-state index < -0.39 is 17.2 Å². The van der Waals surface area contributed by atoms with Gasteiger partial charge in [-0.05, 0) is 66.8 Å². The van der Waals surface area contributed by atoms with Crippen LogP contribution < -0.4 is 20.7 Å². The number of nitrogens with two attached hydrogens (primary N) is 1. The summed E-state index contributed by atoms with van der Waals surface area (Å²) in [5.74, 6) is -0.286. The highest BCUT2D eigenvalue weighted by Gasteiger charge is 2.36. The summed E-state index contributed by atoms with van der Waals surface area (Å²) in [4.78, 5) is 43.5. The number of aliphatic imine (C=N–C) groups is 1. The van der Waals surface area contributed by atoms with E-state index in [9.17, 15) is 14.4 Å². The van der Waals surface area contributed by atoms with Crippen molar-refractivity contribution >= 4 is 46.5 Å². The highest BCUT2D eigenvalue weighted by atomic mass is 32.2. The van der Waals surface area contributed by atoms with Crippen LogP contribution in [0.3, 0.4) is 0 Å². The molecule has 1 aliphatic heterocycles. The number of thioether (sulfide) groups is 1. The largest absolute Gasteiger partial charge is 0.497 e. The molecule has 1 atom stereocenters. The lowest BCUT2D eigenvalue weighted by Crippen LogP contribution is -2.43. The Morgan fingerprint density at radius 3 is 2.26 bits per heavy atom. The van der Waals surface area contributed by atoms with Gasteiger partial charge >= 0.3 is 6.03 Å². The molecule has 3 N–H and O–H groups in total. The molecule has 178 valence electrons. The molecule has 8 nitrogen and oxygen atoms in total. The fraction of sp³-hybridized carbons (Fsp3) is 0.280. The normalized spacial score (nSPS) is 15.5. The van der Waals surface area contributed by atoms with Crippen molar-refractivity contribution in [1.29, 1.82) is 0 Å². The molecular formula is C25H28N4O4S. The number of ether oxygens (including phenoxy) is 1. The number of hydrogen-bond acceptors (Lipinski definition) is 6. The Morgan fingerprint density at radius 2 is 1.74 bits per heavy atom. The van der Waals surface area contributed by atoms with Crippen molar-refractivity contribution < 1.29 is 19.1 Å². The zero-order valence-corrected chi connectivity index (χ0v) is 20.6. The first-order chi connectivity index (χ1) is 16.1. The number of aryl methyl sites for hydroxylation is 2. The van der Waals surface area contributed by atoms with Gasteiger partial charge in [-0.15, -0.1) is 0 Å². The molecule has 1 aliphatic rings. The van der Waals surface area contributed by atoms with Gasteiger partial charge in [-0.1, -0.05) is 43.8 Å². The second-order valence-electron chi connectivity index (χ2n) is 8.32. The van der Waals surface area contributed by atoms with Gasteiger partial charge in [0.25, 0.3) is 5.91 Å². The Kier molecular flexibility index (Phi) is 7.78. The van der Waals surface area contributed by atoms with Gasteiger partial charge in [0.1, 0.15) is 11.4 Å². The van der Waals surface area contributed by atoms with Gasteiger partial charge in [-0.2, -0.15) is 0 Å². The van der Waals surface area contributed by atoms with Crippen LogP contribution in [-0.2, 0) is 9.59 Å². The number of methoxy groups -OCH3 is 1. The molecule has 4 amide bonds. The lowest BCUT2D eigenvalue weighted by molar-refractivity contribution is -0.120. The Hall–Kier alpha value is -3.59. The number of hydrogen-bond donors (Lipinski definition) is 2. The first-order valence-corrected chi connectivity index (χ1v) is 11.6. The molecule has 34 heavy (non-hydrogen) atoms. The Balaban J connectivity index is 2.04. The molecule has 0 saturated heterocycles. The van der Waals surface area contributed by atoms with Crippen molar-refractivity contribution in [1.82, 2.24) is 5.32 Å². The number of amidine groups is 1. The van der Waals surface area contributed by atoms with E-state index in [-0.39, 0.29) is 17.5 Å². The minimum atomic E-state index is -0.924. The van der Waals surface area contributed by atoms with E-state index in [0.717, 1.165) is 28.5 Å². The standard InChI is InChI=1S/C25H28N4O4S/c1-14(2)21(22(30)28-24(26)32)34-25-27-20(13-17-6-8-19(33-5)9-7-17)23(31)29(25)18-11-15(3)10-16(4)12-18/h6-14,21H,1-5H3,(H3,26,28,30,32)/b20-13-. The SMILES string of the molecule is COc1ccc(/C=C2\N=C(SC(C(=O)NC(N)=O)C(C)C)N(c3cc(C)cc(C)c3)C2=O)cc1. The molecule has 0 saturated carbocycles. The molecule has 0 fully saturated rings. The maximum absolute atomic E-state index is 13.5. The molecule has 0 radical (unpaired) electrons. The lowest BCUT2D eigenvalue weighted by Gasteiger charge is -2.23. The van der Waals surface area contributed by atoms with Gasteiger partial charge in [0, 0.05) is 0 Å². The number of carbonyl (C=O) groups is 3. The molecule has 0 aromatic heterocycles. The third-order valence-corrected chi connectivity index (χ3v) is 6.55. The third-order valence-electron chi connectivity index (χ3n) is 5.06. The zero-order valence-electron chi connectivity index (χ0n) is 19.8. The maximum atomic E-state index is 13.5. The van der Waals surface area contributed by atoms with Crippen molar-refractivity contribution in [3.05, 3.63) is 64.9 Å². The van der Waals surface area contributed by atoms with E-state index >= 15 is 0 Å². The number of primary amides is 1. The number of anilines is 1. The van der Waals surface area contributed by atoms with Gasteiger partial charge in [0.15, 0.2) is 5.17 Å². The quantitative estimate of drug-likeness (QED) is 0.607. The van der Waals surface area contributed by atoms with Crippen molar-refractivity contribution in [3.8, 4) is 5.75 Å².